The largest absolute Gasteiger partial charge is 0.395 e. The lowest BCUT2D eigenvalue weighted by atomic mass is 9.68. The third-order valence-electron chi connectivity index (χ3n) is 2.51. The smallest absolute Gasteiger partial charge is 0.228 e. The van der Waals surface area contributed by atoms with Crippen LogP contribution in [-0.2, 0) is 4.79 Å². The predicted octanol–water partition coefficient (Wildman–Crippen LogP) is 0.674. The Morgan fingerprint density at radius 1 is 1.58 bits per heavy atom. The van der Waals surface area contributed by atoms with Gasteiger partial charge in [0.1, 0.15) is 0 Å². The van der Waals surface area contributed by atoms with Gasteiger partial charge in [-0.2, -0.15) is 0 Å². The maximum Gasteiger partial charge on any atom is 0.228 e. The molecule has 0 aliphatic heterocycles. The van der Waals surface area contributed by atoms with Crippen molar-refractivity contribution in [1.82, 2.24) is 5.32 Å². The van der Waals surface area contributed by atoms with E-state index in [2.05, 4.69) is 5.32 Å². The number of amides is 1. The van der Waals surface area contributed by atoms with Crippen LogP contribution >= 0.6 is 0 Å². The number of carbonyl (C=O) groups is 1. The SMILES string of the molecule is CC(C)NC(=O)C1(CO)CCC1. The van der Waals surface area contributed by atoms with Crippen LogP contribution in [0.1, 0.15) is 33.1 Å². The average Bonchev–Trinajstić information content (AvgIpc) is 1.83. The molecule has 0 saturated heterocycles. The molecule has 1 amide bonds. The van der Waals surface area contributed by atoms with Gasteiger partial charge in [0.05, 0.1) is 12.0 Å². The van der Waals surface area contributed by atoms with Gasteiger partial charge in [-0.3, -0.25) is 4.79 Å². The lowest BCUT2D eigenvalue weighted by Gasteiger charge is -2.38. The van der Waals surface area contributed by atoms with Gasteiger partial charge >= 0.3 is 0 Å². The second-order valence-electron chi connectivity index (χ2n) is 3.92. The first kappa shape index (κ1) is 9.52. The van der Waals surface area contributed by atoms with Crippen molar-refractivity contribution in [1.29, 1.82) is 0 Å². The minimum Gasteiger partial charge on any atom is -0.395 e. The van der Waals surface area contributed by atoms with Crippen LogP contribution in [0.15, 0.2) is 0 Å². The van der Waals surface area contributed by atoms with Crippen LogP contribution < -0.4 is 5.32 Å². The lowest BCUT2D eigenvalue weighted by Crippen LogP contribution is -2.49. The fourth-order valence-corrected chi connectivity index (χ4v) is 1.48. The maximum absolute atomic E-state index is 11.5. The second kappa shape index (κ2) is 3.44. The Morgan fingerprint density at radius 3 is 2.42 bits per heavy atom. The van der Waals surface area contributed by atoms with E-state index in [-0.39, 0.29) is 18.6 Å². The van der Waals surface area contributed by atoms with Crippen LogP contribution in [0, 0.1) is 5.41 Å². The normalized spacial score (nSPS) is 20.3. The van der Waals surface area contributed by atoms with E-state index < -0.39 is 5.41 Å². The molecule has 0 bridgehead atoms. The van der Waals surface area contributed by atoms with Gasteiger partial charge in [-0.1, -0.05) is 6.42 Å². The summed E-state index contributed by atoms with van der Waals surface area (Å²) in [5, 5.41) is 11.9. The van der Waals surface area contributed by atoms with E-state index in [0.717, 1.165) is 19.3 Å². The van der Waals surface area contributed by atoms with Crippen LogP contribution in [0.4, 0.5) is 0 Å². The van der Waals surface area contributed by atoms with Gasteiger partial charge in [-0.05, 0) is 26.7 Å². The van der Waals surface area contributed by atoms with Crippen LogP contribution in [0.5, 0.6) is 0 Å². The summed E-state index contributed by atoms with van der Waals surface area (Å²) >= 11 is 0. The number of aliphatic hydroxyl groups is 1. The highest BCUT2D eigenvalue weighted by Gasteiger charge is 2.43. The molecule has 0 heterocycles. The zero-order valence-corrected chi connectivity index (χ0v) is 7.76. The van der Waals surface area contributed by atoms with Gasteiger partial charge < -0.3 is 10.4 Å². The maximum atomic E-state index is 11.5. The van der Waals surface area contributed by atoms with E-state index in [1.165, 1.54) is 0 Å². The number of rotatable bonds is 3. The van der Waals surface area contributed by atoms with Gasteiger partial charge in [0, 0.05) is 6.04 Å². The predicted molar refractivity (Wildman–Crippen MR) is 46.6 cm³/mol. The molecule has 0 aromatic carbocycles. The summed E-state index contributed by atoms with van der Waals surface area (Å²) in [4.78, 5) is 11.5. The standard InChI is InChI=1S/C9H17NO2/c1-7(2)10-8(12)9(6-11)4-3-5-9/h7,11H,3-6H2,1-2H3,(H,10,12). The third-order valence-corrected chi connectivity index (χ3v) is 2.51. The zero-order chi connectivity index (χ0) is 9.19. The molecule has 0 unspecified atom stereocenters. The van der Waals surface area contributed by atoms with Crippen molar-refractivity contribution in [2.45, 2.75) is 39.2 Å². The van der Waals surface area contributed by atoms with Crippen molar-refractivity contribution in [2.75, 3.05) is 6.61 Å². The summed E-state index contributed by atoms with van der Waals surface area (Å²) in [6.45, 7) is 3.86. The molecule has 0 radical (unpaired) electrons. The zero-order valence-electron chi connectivity index (χ0n) is 7.76. The molecule has 1 aliphatic carbocycles. The van der Waals surface area contributed by atoms with Crippen LogP contribution in [0.2, 0.25) is 0 Å². The summed E-state index contributed by atoms with van der Waals surface area (Å²) in [6.07, 6.45) is 2.73. The molecule has 70 valence electrons. The Balaban J connectivity index is 2.49. The molecule has 1 rings (SSSR count). The van der Waals surface area contributed by atoms with Gasteiger partial charge in [0.2, 0.25) is 5.91 Å². The van der Waals surface area contributed by atoms with Crippen molar-refractivity contribution in [2.24, 2.45) is 5.41 Å². The minimum atomic E-state index is -0.440. The summed E-state index contributed by atoms with van der Waals surface area (Å²) in [5.41, 5.74) is -0.440. The van der Waals surface area contributed by atoms with Crippen LogP contribution in [0.25, 0.3) is 0 Å². The topological polar surface area (TPSA) is 49.3 Å². The first-order valence-corrected chi connectivity index (χ1v) is 4.52. The Bertz CT molecular complexity index is 168. The Hall–Kier alpha value is -0.570. The molecule has 2 N–H and O–H groups in total. The van der Waals surface area contributed by atoms with E-state index in [1.807, 2.05) is 13.8 Å². The molecule has 0 aromatic rings. The number of aliphatic hydroxyl groups excluding tert-OH is 1. The Labute approximate surface area is 73.2 Å². The minimum absolute atomic E-state index is 0.00838. The Morgan fingerprint density at radius 2 is 2.17 bits per heavy atom. The quantitative estimate of drug-likeness (QED) is 0.656. The molecular formula is C9H17NO2. The first-order chi connectivity index (χ1) is 5.60. The lowest BCUT2D eigenvalue weighted by molar-refractivity contribution is -0.139. The van der Waals surface area contributed by atoms with E-state index in [9.17, 15) is 4.79 Å². The summed E-state index contributed by atoms with van der Waals surface area (Å²) < 4.78 is 0. The molecule has 0 aromatic heterocycles. The van der Waals surface area contributed by atoms with E-state index in [4.69, 9.17) is 5.11 Å². The molecule has 1 fully saturated rings. The van der Waals surface area contributed by atoms with Crippen molar-refractivity contribution in [3.05, 3.63) is 0 Å². The molecule has 3 heteroatoms. The third kappa shape index (κ3) is 1.61. The fraction of sp³-hybridized carbons (Fsp3) is 0.889. The Kier molecular flexibility index (Phi) is 2.73. The molecule has 1 saturated carbocycles. The number of carbonyl (C=O) groups excluding carboxylic acids is 1. The van der Waals surface area contributed by atoms with Crippen molar-refractivity contribution >= 4 is 5.91 Å². The number of nitrogens with one attached hydrogen (secondary N) is 1. The highest BCUT2D eigenvalue weighted by molar-refractivity contribution is 5.83. The van der Waals surface area contributed by atoms with E-state index in [0.29, 0.717) is 0 Å². The second-order valence-corrected chi connectivity index (χ2v) is 3.92. The van der Waals surface area contributed by atoms with E-state index >= 15 is 0 Å². The number of hydrogen-bond donors (Lipinski definition) is 2. The van der Waals surface area contributed by atoms with Crippen molar-refractivity contribution in [3.63, 3.8) is 0 Å². The number of hydrogen-bond acceptors (Lipinski definition) is 2. The van der Waals surface area contributed by atoms with Gasteiger partial charge in [0.15, 0.2) is 0 Å². The molecule has 12 heavy (non-hydrogen) atoms. The van der Waals surface area contributed by atoms with Crippen molar-refractivity contribution in [3.8, 4) is 0 Å². The van der Waals surface area contributed by atoms with Gasteiger partial charge in [0.25, 0.3) is 0 Å². The molecule has 1 aliphatic rings. The van der Waals surface area contributed by atoms with Crippen LogP contribution in [-0.4, -0.2) is 23.7 Å². The first-order valence-electron chi connectivity index (χ1n) is 4.52. The van der Waals surface area contributed by atoms with Gasteiger partial charge in [-0.15, -0.1) is 0 Å². The van der Waals surface area contributed by atoms with Crippen LogP contribution in [0.3, 0.4) is 0 Å². The molecule has 0 spiro atoms. The average molecular weight is 171 g/mol. The van der Waals surface area contributed by atoms with Crippen molar-refractivity contribution < 1.29 is 9.90 Å². The van der Waals surface area contributed by atoms with E-state index in [1.54, 1.807) is 0 Å². The monoisotopic (exact) mass is 171 g/mol. The molecular weight excluding hydrogens is 154 g/mol. The molecule has 3 nitrogen and oxygen atoms in total. The van der Waals surface area contributed by atoms with Gasteiger partial charge in [-0.25, -0.2) is 0 Å². The highest BCUT2D eigenvalue weighted by atomic mass is 16.3. The fourth-order valence-electron chi connectivity index (χ4n) is 1.48. The summed E-state index contributed by atoms with van der Waals surface area (Å²) in [6, 6.07) is 0.168. The summed E-state index contributed by atoms with van der Waals surface area (Å²) in [5.74, 6) is 0.0197. The highest BCUT2D eigenvalue weighted by Crippen LogP contribution is 2.40. The summed E-state index contributed by atoms with van der Waals surface area (Å²) in [7, 11) is 0. The molecule has 0 atom stereocenters.